The number of halogens is 1. The molecule has 0 unspecified atom stereocenters. The zero-order valence-corrected chi connectivity index (χ0v) is 8.08. The van der Waals surface area contributed by atoms with Gasteiger partial charge in [-0.25, -0.2) is 4.79 Å². The molecule has 0 amide bonds. The van der Waals surface area contributed by atoms with Gasteiger partial charge in [-0.1, -0.05) is 11.6 Å². The van der Waals surface area contributed by atoms with E-state index in [1.54, 1.807) is 0 Å². The van der Waals surface area contributed by atoms with Gasteiger partial charge in [0.2, 0.25) is 0 Å². The number of carboxylic acids is 1. The van der Waals surface area contributed by atoms with Crippen molar-refractivity contribution in [3.8, 4) is 0 Å². The normalized spacial score (nSPS) is 9.86. The summed E-state index contributed by atoms with van der Waals surface area (Å²) in [5.74, 6) is -1.03. The molecule has 4 nitrogen and oxygen atoms in total. The van der Waals surface area contributed by atoms with Gasteiger partial charge in [0.15, 0.2) is 0 Å². The quantitative estimate of drug-likeness (QED) is 0.711. The lowest BCUT2D eigenvalue weighted by molar-refractivity contribution is 0.0698. The maximum atomic E-state index is 10.8. The third kappa shape index (κ3) is 2.61. The Balaban J connectivity index is 2.97. The van der Waals surface area contributed by atoms with Crippen LogP contribution in [0, 0.1) is 0 Å². The second kappa shape index (κ2) is 4.83. The molecule has 14 heavy (non-hydrogen) atoms. The van der Waals surface area contributed by atoms with Gasteiger partial charge in [-0.15, -0.1) is 0 Å². The molecule has 1 rings (SSSR count). The van der Waals surface area contributed by atoms with Crippen LogP contribution in [0.4, 0.5) is 5.69 Å². The average molecular weight is 216 g/mol. The first kappa shape index (κ1) is 10.8. The lowest BCUT2D eigenvalue weighted by atomic mass is 10.2. The second-order valence-electron chi connectivity index (χ2n) is 2.65. The minimum absolute atomic E-state index is 0.0639. The molecule has 76 valence electrons. The summed E-state index contributed by atoms with van der Waals surface area (Å²) in [7, 11) is 0. The van der Waals surface area contributed by atoms with Crippen LogP contribution in [0.25, 0.3) is 0 Å². The largest absolute Gasteiger partial charge is 0.478 e. The van der Waals surface area contributed by atoms with E-state index in [9.17, 15) is 4.79 Å². The number of aromatic carboxylic acids is 1. The molecule has 0 saturated carbocycles. The van der Waals surface area contributed by atoms with Gasteiger partial charge in [0, 0.05) is 11.6 Å². The molecule has 0 spiro atoms. The predicted molar refractivity (Wildman–Crippen MR) is 54.0 cm³/mol. The predicted octanol–water partition coefficient (Wildman–Crippen LogP) is 1.44. The number of carboxylic acid groups (broad SMARTS) is 1. The van der Waals surface area contributed by atoms with E-state index >= 15 is 0 Å². The molecular weight excluding hydrogens is 206 g/mol. The summed E-state index contributed by atoms with van der Waals surface area (Å²) in [6.07, 6.45) is 0. The minimum atomic E-state index is -1.03. The Kier molecular flexibility index (Phi) is 3.73. The number of carbonyl (C=O) groups is 1. The van der Waals surface area contributed by atoms with Crippen LogP contribution in [0.15, 0.2) is 18.2 Å². The highest BCUT2D eigenvalue weighted by atomic mass is 35.5. The summed E-state index contributed by atoms with van der Waals surface area (Å²) >= 11 is 5.71. The van der Waals surface area contributed by atoms with E-state index in [1.807, 2.05) is 0 Å². The van der Waals surface area contributed by atoms with Gasteiger partial charge in [-0.05, 0) is 18.2 Å². The zero-order valence-electron chi connectivity index (χ0n) is 7.33. The molecule has 0 saturated heterocycles. The minimum Gasteiger partial charge on any atom is -0.478 e. The first-order valence-electron chi connectivity index (χ1n) is 4.02. The molecule has 0 fully saturated rings. The van der Waals surface area contributed by atoms with Crippen LogP contribution in [0.1, 0.15) is 10.4 Å². The number of anilines is 1. The molecule has 0 bridgehead atoms. The second-order valence-corrected chi connectivity index (χ2v) is 3.08. The van der Waals surface area contributed by atoms with E-state index in [0.717, 1.165) is 0 Å². The van der Waals surface area contributed by atoms with E-state index in [1.165, 1.54) is 18.2 Å². The Morgan fingerprint density at radius 1 is 1.50 bits per heavy atom. The molecule has 0 aliphatic rings. The average Bonchev–Trinajstić information content (AvgIpc) is 2.14. The molecule has 1 aromatic rings. The first-order valence-corrected chi connectivity index (χ1v) is 4.40. The van der Waals surface area contributed by atoms with Crippen LogP contribution < -0.4 is 5.32 Å². The third-order valence-corrected chi connectivity index (χ3v) is 1.87. The highest BCUT2D eigenvalue weighted by Crippen LogP contribution is 2.20. The summed E-state index contributed by atoms with van der Waals surface area (Å²) < 4.78 is 0. The zero-order chi connectivity index (χ0) is 10.6. The van der Waals surface area contributed by atoms with Gasteiger partial charge < -0.3 is 15.5 Å². The van der Waals surface area contributed by atoms with Gasteiger partial charge in [0.05, 0.1) is 17.9 Å². The van der Waals surface area contributed by atoms with Crippen molar-refractivity contribution in [2.24, 2.45) is 0 Å². The number of aliphatic hydroxyl groups is 1. The van der Waals surface area contributed by atoms with Crippen LogP contribution >= 0.6 is 11.6 Å². The van der Waals surface area contributed by atoms with Crippen molar-refractivity contribution in [2.75, 3.05) is 18.5 Å². The number of benzene rings is 1. The van der Waals surface area contributed by atoms with Gasteiger partial charge in [0.1, 0.15) is 0 Å². The van der Waals surface area contributed by atoms with E-state index in [-0.39, 0.29) is 12.2 Å². The fraction of sp³-hybridized carbons (Fsp3) is 0.222. The third-order valence-electron chi connectivity index (χ3n) is 1.64. The number of rotatable bonds is 4. The lowest BCUT2D eigenvalue weighted by Gasteiger charge is -2.08. The number of hydrogen-bond acceptors (Lipinski definition) is 3. The van der Waals surface area contributed by atoms with E-state index < -0.39 is 5.97 Å². The number of nitrogens with one attached hydrogen (secondary N) is 1. The molecule has 3 N–H and O–H groups in total. The molecule has 1 aromatic carbocycles. The Labute approximate surface area is 86.1 Å². The van der Waals surface area contributed by atoms with Crippen molar-refractivity contribution in [2.45, 2.75) is 0 Å². The van der Waals surface area contributed by atoms with Crippen LogP contribution in [0.3, 0.4) is 0 Å². The van der Waals surface area contributed by atoms with Crippen LogP contribution in [0.2, 0.25) is 5.02 Å². The fourth-order valence-electron chi connectivity index (χ4n) is 1.04. The SMILES string of the molecule is O=C(O)c1ccc(Cl)cc1NCCO. The Morgan fingerprint density at radius 3 is 2.79 bits per heavy atom. The van der Waals surface area contributed by atoms with E-state index in [4.69, 9.17) is 21.8 Å². The molecule has 0 atom stereocenters. The van der Waals surface area contributed by atoms with Crippen molar-refractivity contribution < 1.29 is 15.0 Å². The van der Waals surface area contributed by atoms with Gasteiger partial charge in [-0.2, -0.15) is 0 Å². The smallest absolute Gasteiger partial charge is 0.337 e. The maximum absolute atomic E-state index is 10.8. The summed E-state index contributed by atoms with van der Waals surface area (Å²) in [6.45, 7) is 0.228. The summed E-state index contributed by atoms with van der Waals surface area (Å²) in [5, 5.41) is 20.6. The van der Waals surface area contributed by atoms with Crippen LogP contribution in [-0.2, 0) is 0 Å². The van der Waals surface area contributed by atoms with Crippen molar-refractivity contribution in [1.82, 2.24) is 0 Å². The summed E-state index contributed by atoms with van der Waals surface area (Å²) in [5.41, 5.74) is 0.557. The van der Waals surface area contributed by atoms with E-state index in [2.05, 4.69) is 5.32 Å². The molecule has 0 radical (unpaired) electrons. The standard InChI is InChI=1S/C9H10ClNO3/c10-6-1-2-7(9(13)14)8(5-6)11-3-4-12/h1-2,5,11-12H,3-4H2,(H,13,14). The molecule has 0 aromatic heterocycles. The maximum Gasteiger partial charge on any atom is 0.337 e. The summed E-state index contributed by atoms with van der Waals surface area (Å²) in [4.78, 5) is 10.8. The molecule has 5 heteroatoms. The lowest BCUT2D eigenvalue weighted by Crippen LogP contribution is -2.09. The van der Waals surface area contributed by atoms with Gasteiger partial charge in [0.25, 0.3) is 0 Å². The molecule has 0 aliphatic heterocycles. The van der Waals surface area contributed by atoms with Crippen LogP contribution in [0.5, 0.6) is 0 Å². The highest BCUT2D eigenvalue weighted by Gasteiger charge is 2.09. The Morgan fingerprint density at radius 2 is 2.21 bits per heavy atom. The molecule has 0 aliphatic carbocycles. The van der Waals surface area contributed by atoms with Gasteiger partial charge >= 0.3 is 5.97 Å². The fourth-order valence-corrected chi connectivity index (χ4v) is 1.21. The topological polar surface area (TPSA) is 69.6 Å². The van der Waals surface area contributed by atoms with Crippen molar-refractivity contribution in [1.29, 1.82) is 0 Å². The Bertz CT molecular complexity index is 341. The van der Waals surface area contributed by atoms with Crippen molar-refractivity contribution in [3.05, 3.63) is 28.8 Å². The van der Waals surface area contributed by atoms with Crippen molar-refractivity contribution in [3.63, 3.8) is 0 Å². The highest BCUT2D eigenvalue weighted by molar-refractivity contribution is 6.31. The number of hydrogen-bond donors (Lipinski definition) is 3. The molecular formula is C9H10ClNO3. The molecule has 0 heterocycles. The van der Waals surface area contributed by atoms with E-state index in [0.29, 0.717) is 17.3 Å². The van der Waals surface area contributed by atoms with Crippen molar-refractivity contribution >= 4 is 23.3 Å². The summed E-state index contributed by atoms with van der Waals surface area (Å²) in [6, 6.07) is 4.44. The monoisotopic (exact) mass is 215 g/mol. The number of aliphatic hydroxyl groups excluding tert-OH is 1. The first-order chi connectivity index (χ1) is 6.65. The van der Waals surface area contributed by atoms with Crippen LogP contribution in [-0.4, -0.2) is 29.3 Å². The van der Waals surface area contributed by atoms with Gasteiger partial charge in [-0.3, -0.25) is 0 Å². The Hall–Kier alpha value is -1.26.